The van der Waals surface area contributed by atoms with Crippen LogP contribution in [0.2, 0.25) is 0 Å². The molecule has 0 radical (unpaired) electrons. The van der Waals surface area contributed by atoms with E-state index >= 15 is 0 Å². The Kier molecular flexibility index (Phi) is 5.38. The van der Waals surface area contributed by atoms with E-state index in [0.717, 1.165) is 24.3 Å². The Labute approximate surface area is 118 Å². The summed E-state index contributed by atoms with van der Waals surface area (Å²) in [6, 6.07) is 5.06. The number of rotatable bonds is 4. The summed E-state index contributed by atoms with van der Waals surface area (Å²) in [5.41, 5.74) is 1.41. The molecule has 1 saturated heterocycles. The van der Waals surface area contributed by atoms with Crippen molar-refractivity contribution < 1.29 is 0 Å². The van der Waals surface area contributed by atoms with Gasteiger partial charge in [-0.1, -0.05) is 20.8 Å². The summed E-state index contributed by atoms with van der Waals surface area (Å²) in [6.07, 6.45) is 9.09. The highest BCUT2D eigenvalue weighted by Gasteiger charge is 2.25. The van der Waals surface area contributed by atoms with E-state index in [1.54, 1.807) is 0 Å². The number of aromatic nitrogens is 1. The molecule has 0 amide bonds. The highest BCUT2D eigenvalue weighted by molar-refractivity contribution is 5.10. The standard InChI is InChI=1S/C17H28N2/c1-14(2)17-5-4-15(3)8-12-19(17)13-9-16-6-10-18-11-7-16/h6-7,10-11,14-15,17H,4-5,8-9,12-13H2,1-3H3. The first-order valence-corrected chi connectivity index (χ1v) is 7.79. The summed E-state index contributed by atoms with van der Waals surface area (Å²) in [5.74, 6) is 1.66. The molecule has 2 atom stereocenters. The van der Waals surface area contributed by atoms with Gasteiger partial charge < -0.3 is 0 Å². The predicted octanol–water partition coefficient (Wildman–Crippen LogP) is 3.77. The molecule has 0 saturated carbocycles. The Balaban J connectivity index is 1.95. The van der Waals surface area contributed by atoms with Gasteiger partial charge in [-0.3, -0.25) is 9.88 Å². The molecule has 0 aliphatic carbocycles. The lowest BCUT2D eigenvalue weighted by molar-refractivity contribution is 0.159. The molecule has 2 unspecified atom stereocenters. The van der Waals surface area contributed by atoms with Crippen LogP contribution in [-0.2, 0) is 6.42 Å². The fraction of sp³-hybridized carbons (Fsp3) is 0.706. The molecular formula is C17H28N2. The smallest absolute Gasteiger partial charge is 0.0270 e. The van der Waals surface area contributed by atoms with E-state index < -0.39 is 0 Å². The lowest BCUT2D eigenvalue weighted by Crippen LogP contribution is -2.39. The number of hydrogen-bond donors (Lipinski definition) is 0. The number of nitrogens with zero attached hydrogens (tertiary/aromatic N) is 2. The first-order chi connectivity index (χ1) is 9.16. The van der Waals surface area contributed by atoms with Gasteiger partial charge in [-0.25, -0.2) is 0 Å². The highest BCUT2D eigenvalue weighted by Crippen LogP contribution is 2.25. The Morgan fingerprint density at radius 2 is 1.95 bits per heavy atom. The topological polar surface area (TPSA) is 16.1 Å². The van der Waals surface area contributed by atoms with E-state index in [1.165, 1.54) is 37.9 Å². The van der Waals surface area contributed by atoms with Crippen LogP contribution in [0, 0.1) is 11.8 Å². The molecule has 1 aliphatic heterocycles. The van der Waals surface area contributed by atoms with Crippen molar-refractivity contribution in [2.75, 3.05) is 13.1 Å². The zero-order chi connectivity index (χ0) is 13.7. The van der Waals surface area contributed by atoms with Crippen molar-refractivity contribution in [2.24, 2.45) is 11.8 Å². The van der Waals surface area contributed by atoms with Crippen molar-refractivity contribution in [2.45, 2.75) is 52.5 Å². The molecule has 1 fully saturated rings. The van der Waals surface area contributed by atoms with Crippen LogP contribution in [0.15, 0.2) is 24.5 Å². The van der Waals surface area contributed by atoms with Crippen molar-refractivity contribution in [1.82, 2.24) is 9.88 Å². The van der Waals surface area contributed by atoms with Crippen LogP contribution in [0.3, 0.4) is 0 Å². The van der Waals surface area contributed by atoms with Gasteiger partial charge in [0.25, 0.3) is 0 Å². The fourth-order valence-corrected chi connectivity index (χ4v) is 3.19. The minimum atomic E-state index is 0.766. The monoisotopic (exact) mass is 260 g/mol. The quantitative estimate of drug-likeness (QED) is 0.819. The van der Waals surface area contributed by atoms with E-state index in [-0.39, 0.29) is 0 Å². The predicted molar refractivity (Wildman–Crippen MR) is 81.2 cm³/mol. The van der Waals surface area contributed by atoms with Gasteiger partial charge in [0.2, 0.25) is 0 Å². The lowest BCUT2D eigenvalue weighted by atomic mass is 9.95. The largest absolute Gasteiger partial charge is 0.300 e. The second kappa shape index (κ2) is 7.04. The Morgan fingerprint density at radius 1 is 1.21 bits per heavy atom. The summed E-state index contributed by atoms with van der Waals surface area (Å²) in [7, 11) is 0. The van der Waals surface area contributed by atoms with E-state index in [1.807, 2.05) is 12.4 Å². The van der Waals surface area contributed by atoms with Gasteiger partial charge in [-0.15, -0.1) is 0 Å². The van der Waals surface area contributed by atoms with Crippen LogP contribution in [0.1, 0.15) is 45.6 Å². The minimum Gasteiger partial charge on any atom is -0.300 e. The van der Waals surface area contributed by atoms with Gasteiger partial charge in [-0.05, 0) is 61.8 Å². The first-order valence-electron chi connectivity index (χ1n) is 7.79. The van der Waals surface area contributed by atoms with Gasteiger partial charge in [0.1, 0.15) is 0 Å². The number of hydrogen-bond acceptors (Lipinski definition) is 2. The van der Waals surface area contributed by atoms with Gasteiger partial charge in [0.15, 0.2) is 0 Å². The second-order valence-electron chi connectivity index (χ2n) is 6.42. The zero-order valence-electron chi connectivity index (χ0n) is 12.7. The Hall–Kier alpha value is -0.890. The molecule has 2 nitrogen and oxygen atoms in total. The summed E-state index contributed by atoms with van der Waals surface area (Å²) in [6.45, 7) is 9.62. The number of pyridine rings is 1. The summed E-state index contributed by atoms with van der Waals surface area (Å²) in [4.78, 5) is 6.83. The molecular weight excluding hydrogens is 232 g/mol. The maximum Gasteiger partial charge on any atom is 0.0270 e. The lowest BCUT2D eigenvalue weighted by Gasteiger charge is -2.32. The van der Waals surface area contributed by atoms with E-state index in [2.05, 4.69) is 42.8 Å². The average Bonchev–Trinajstić information content (AvgIpc) is 2.60. The highest BCUT2D eigenvalue weighted by atomic mass is 15.2. The average molecular weight is 260 g/mol. The summed E-state index contributed by atoms with van der Waals surface area (Å²) >= 11 is 0. The molecule has 106 valence electrons. The van der Waals surface area contributed by atoms with Crippen LogP contribution in [0.5, 0.6) is 0 Å². The SMILES string of the molecule is CC1CCC(C(C)C)N(CCc2ccncc2)CC1. The van der Waals surface area contributed by atoms with Gasteiger partial charge in [-0.2, -0.15) is 0 Å². The van der Waals surface area contributed by atoms with Crippen LogP contribution in [0.25, 0.3) is 0 Å². The third-order valence-electron chi connectivity index (χ3n) is 4.54. The molecule has 0 N–H and O–H groups in total. The Bertz CT molecular complexity index is 361. The van der Waals surface area contributed by atoms with Crippen LogP contribution < -0.4 is 0 Å². The van der Waals surface area contributed by atoms with Crippen molar-refractivity contribution >= 4 is 0 Å². The maximum absolute atomic E-state index is 4.09. The van der Waals surface area contributed by atoms with Crippen LogP contribution >= 0.6 is 0 Å². The molecule has 0 spiro atoms. The maximum atomic E-state index is 4.09. The third-order valence-corrected chi connectivity index (χ3v) is 4.54. The van der Waals surface area contributed by atoms with Gasteiger partial charge in [0, 0.05) is 25.0 Å². The van der Waals surface area contributed by atoms with E-state index in [4.69, 9.17) is 0 Å². The molecule has 1 aromatic heterocycles. The number of likely N-dealkylation sites (tertiary alicyclic amines) is 1. The van der Waals surface area contributed by atoms with Crippen molar-refractivity contribution in [3.8, 4) is 0 Å². The fourth-order valence-electron chi connectivity index (χ4n) is 3.19. The molecule has 0 aromatic carbocycles. The van der Waals surface area contributed by atoms with Gasteiger partial charge >= 0.3 is 0 Å². The molecule has 19 heavy (non-hydrogen) atoms. The van der Waals surface area contributed by atoms with Crippen LogP contribution in [0.4, 0.5) is 0 Å². The van der Waals surface area contributed by atoms with Crippen LogP contribution in [-0.4, -0.2) is 29.0 Å². The summed E-state index contributed by atoms with van der Waals surface area (Å²) in [5, 5.41) is 0. The van der Waals surface area contributed by atoms with Crippen molar-refractivity contribution in [1.29, 1.82) is 0 Å². The normalized spacial score (nSPS) is 25.5. The molecule has 0 bridgehead atoms. The summed E-state index contributed by atoms with van der Waals surface area (Å²) < 4.78 is 0. The molecule has 1 aromatic rings. The van der Waals surface area contributed by atoms with Gasteiger partial charge in [0.05, 0.1) is 0 Å². The first kappa shape index (κ1) is 14.5. The molecule has 1 aliphatic rings. The van der Waals surface area contributed by atoms with Crippen molar-refractivity contribution in [3.05, 3.63) is 30.1 Å². The van der Waals surface area contributed by atoms with Crippen molar-refractivity contribution in [3.63, 3.8) is 0 Å². The van der Waals surface area contributed by atoms with E-state index in [0.29, 0.717) is 0 Å². The molecule has 2 rings (SSSR count). The Morgan fingerprint density at radius 3 is 2.63 bits per heavy atom. The van der Waals surface area contributed by atoms with E-state index in [9.17, 15) is 0 Å². The molecule has 2 heterocycles. The minimum absolute atomic E-state index is 0.766. The second-order valence-corrected chi connectivity index (χ2v) is 6.42. The zero-order valence-corrected chi connectivity index (χ0v) is 12.7. The third kappa shape index (κ3) is 4.31. The molecule has 2 heteroatoms.